The second-order valence-electron chi connectivity index (χ2n) is 6.18. The van der Waals surface area contributed by atoms with Crippen LogP contribution >= 0.6 is 0 Å². The molecule has 0 bridgehead atoms. The third-order valence-corrected chi connectivity index (χ3v) is 4.62. The molecule has 132 valence electrons. The smallest absolute Gasteiger partial charge is 0.225 e. The summed E-state index contributed by atoms with van der Waals surface area (Å²) in [4.78, 5) is 26.2. The average Bonchev–Trinajstić information content (AvgIpc) is 3.11. The van der Waals surface area contributed by atoms with Crippen LogP contribution in [0.4, 0.5) is 4.39 Å². The number of halogens is 1. The van der Waals surface area contributed by atoms with E-state index in [0.29, 0.717) is 31.5 Å². The standard InChI is InChI=1S/C18H21FN4O2/c1-22-16(24)8-7-14(17(22)13-5-2-3-6-15(13)19)18(25)20-10-12-23-11-4-9-21-23/h2-6,9,11,14,17H,7-8,10,12H2,1H3,(H,20,25). The van der Waals surface area contributed by atoms with E-state index in [9.17, 15) is 14.0 Å². The summed E-state index contributed by atoms with van der Waals surface area (Å²) in [7, 11) is 1.63. The molecule has 1 aliphatic heterocycles. The number of amides is 2. The molecule has 0 saturated carbocycles. The Hall–Kier alpha value is -2.70. The van der Waals surface area contributed by atoms with Crippen molar-refractivity contribution in [3.63, 3.8) is 0 Å². The lowest BCUT2D eigenvalue weighted by Gasteiger charge is -2.38. The monoisotopic (exact) mass is 344 g/mol. The highest BCUT2D eigenvalue weighted by Crippen LogP contribution is 2.36. The second kappa shape index (κ2) is 7.46. The molecule has 7 heteroatoms. The summed E-state index contributed by atoms with van der Waals surface area (Å²) in [6, 6.07) is 7.54. The van der Waals surface area contributed by atoms with Crippen LogP contribution in [0.25, 0.3) is 0 Å². The molecule has 2 atom stereocenters. The van der Waals surface area contributed by atoms with Crippen molar-refractivity contribution in [3.8, 4) is 0 Å². The van der Waals surface area contributed by atoms with Crippen molar-refractivity contribution in [2.45, 2.75) is 25.4 Å². The van der Waals surface area contributed by atoms with Crippen molar-refractivity contribution >= 4 is 11.8 Å². The average molecular weight is 344 g/mol. The van der Waals surface area contributed by atoms with E-state index < -0.39 is 17.8 Å². The van der Waals surface area contributed by atoms with E-state index in [1.807, 2.05) is 12.3 Å². The number of hydrogen-bond acceptors (Lipinski definition) is 3. The van der Waals surface area contributed by atoms with Crippen LogP contribution in [0.1, 0.15) is 24.4 Å². The molecule has 3 rings (SSSR count). The number of piperidine rings is 1. The van der Waals surface area contributed by atoms with Gasteiger partial charge < -0.3 is 10.2 Å². The molecular formula is C18H21FN4O2. The molecule has 1 aromatic heterocycles. The highest BCUT2D eigenvalue weighted by Gasteiger charge is 2.39. The highest BCUT2D eigenvalue weighted by atomic mass is 19.1. The Balaban J connectivity index is 1.74. The van der Waals surface area contributed by atoms with Crippen LogP contribution in [0.2, 0.25) is 0 Å². The van der Waals surface area contributed by atoms with E-state index in [2.05, 4.69) is 10.4 Å². The lowest BCUT2D eigenvalue weighted by atomic mass is 9.83. The SMILES string of the molecule is CN1C(=O)CCC(C(=O)NCCn2cccn2)C1c1ccccc1F. The molecule has 1 N–H and O–H groups in total. The van der Waals surface area contributed by atoms with Gasteiger partial charge in [0.25, 0.3) is 0 Å². The van der Waals surface area contributed by atoms with Gasteiger partial charge in [0, 0.05) is 38.0 Å². The molecule has 2 aromatic rings. The summed E-state index contributed by atoms with van der Waals surface area (Å²) in [5.74, 6) is -1.12. The van der Waals surface area contributed by atoms with Crippen LogP contribution in [0.3, 0.4) is 0 Å². The van der Waals surface area contributed by atoms with Crippen molar-refractivity contribution in [1.29, 1.82) is 0 Å². The Morgan fingerprint density at radius 1 is 1.36 bits per heavy atom. The fraction of sp³-hybridized carbons (Fsp3) is 0.389. The van der Waals surface area contributed by atoms with Crippen LogP contribution < -0.4 is 5.32 Å². The Morgan fingerprint density at radius 2 is 2.16 bits per heavy atom. The van der Waals surface area contributed by atoms with Gasteiger partial charge in [-0.05, 0) is 18.6 Å². The van der Waals surface area contributed by atoms with Crippen LogP contribution in [0, 0.1) is 11.7 Å². The first-order valence-corrected chi connectivity index (χ1v) is 8.33. The molecule has 0 radical (unpaired) electrons. The minimum atomic E-state index is -0.591. The van der Waals surface area contributed by atoms with E-state index in [0.717, 1.165) is 0 Å². The zero-order valence-electron chi connectivity index (χ0n) is 14.1. The van der Waals surface area contributed by atoms with Crippen molar-refractivity contribution < 1.29 is 14.0 Å². The Morgan fingerprint density at radius 3 is 2.88 bits per heavy atom. The lowest BCUT2D eigenvalue weighted by molar-refractivity contribution is -0.141. The van der Waals surface area contributed by atoms with Gasteiger partial charge in [-0.25, -0.2) is 4.39 Å². The number of benzene rings is 1. The predicted octanol–water partition coefficient (Wildman–Crippen LogP) is 1.75. The van der Waals surface area contributed by atoms with Gasteiger partial charge in [0.1, 0.15) is 5.82 Å². The topological polar surface area (TPSA) is 67.2 Å². The van der Waals surface area contributed by atoms with Gasteiger partial charge in [0.2, 0.25) is 11.8 Å². The first-order valence-electron chi connectivity index (χ1n) is 8.33. The van der Waals surface area contributed by atoms with Crippen LogP contribution in [-0.2, 0) is 16.1 Å². The number of likely N-dealkylation sites (tertiary alicyclic amines) is 1. The van der Waals surface area contributed by atoms with Crippen LogP contribution in [0.5, 0.6) is 0 Å². The van der Waals surface area contributed by atoms with E-state index in [1.54, 1.807) is 36.1 Å². The molecule has 1 fully saturated rings. The molecule has 1 aromatic carbocycles. The number of nitrogens with zero attached hydrogens (tertiary/aromatic N) is 3. The predicted molar refractivity (Wildman–Crippen MR) is 89.9 cm³/mol. The quantitative estimate of drug-likeness (QED) is 0.899. The number of nitrogens with one attached hydrogen (secondary N) is 1. The molecule has 1 saturated heterocycles. The van der Waals surface area contributed by atoms with Crippen molar-refractivity contribution in [2.75, 3.05) is 13.6 Å². The lowest BCUT2D eigenvalue weighted by Crippen LogP contribution is -2.47. The van der Waals surface area contributed by atoms with Gasteiger partial charge >= 0.3 is 0 Å². The maximum atomic E-state index is 14.3. The van der Waals surface area contributed by atoms with E-state index in [-0.39, 0.29) is 11.8 Å². The van der Waals surface area contributed by atoms with Gasteiger partial charge in [-0.1, -0.05) is 18.2 Å². The van der Waals surface area contributed by atoms with Crippen molar-refractivity contribution in [2.24, 2.45) is 5.92 Å². The second-order valence-corrected chi connectivity index (χ2v) is 6.18. The summed E-state index contributed by atoms with van der Waals surface area (Å²) in [6.45, 7) is 0.989. The zero-order valence-corrected chi connectivity index (χ0v) is 14.1. The fourth-order valence-corrected chi connectivity index (χ4v) is 3.31. The molecule has 2 unspecified atom stereocenters. The molecule has 1 aliphatic rings. The number of rotatable bonds is 5. The van der Waals surface area contributed by atoms with Gasteiger partial charge in [0.15, 0.2) is 0 Å². The third-order valence-electron chi connectivity index (χ3n) is 4.62. The van der Waals surface area contributed by atoms with Gasteiger partial charge in [-0.3, -0.25) is 14.3 Å². The zero-order chi connectivity index (χ0) is 17.8. The van der Waals surface area contributed by atoms with Gasteiger partial charge in [0.05, 0.1) is 18.5 Å². The molecule has 0 aliphatic carbocycles. The van der Waals surface area contributed by atoms with E-state index >= 15 is 0 Å². The van der Waals surface area contributed by atoms with Gasteiger partial charge in [-0.2, -0.15) is 5.10 Å². The first-order chi connectivity index (χ1) is 12.1. The van der Waals surface area contributed by atoms with Gasteiger partial charge in [-0.15, -0.1) is 0 Å². The summed E-state index contributed by atoms with van der Waals surface area (Å²) < 4.78 is 16.0. The fourth-order valence-electron chi connectivity index (χ4n) is 3.31. The third kappa shape index (κ3) is 3.70. The van der Waals surface area contributed by atoms with Crippen molar-refractivity contribution in [3.05, 3.63) is 54.1 Å². The molecule has 0 spiro atoms. The van der Waals surface area contributed by atoms with Crippen LogP contribution in [-0.4, -0.2) is 40.1 Å². The summed E-state index contributed by atoms with van der Waals surface area (Å²) in [5.41, 5.74) is 0.380. The summed E-state index contributed by atoms with van der Waals surface area (Å²) >= 11 is 0. The number of carbonyl (C=O) groups excluding carboxylic acids is 2. The normalized spacial score (nSPS) is 20.6. The van der Waals surface area contributed by atoms with Crippen LogP contribution in [0.15, 0.2) is 42.7 Å². The largest absolute Gasteiger partial charge is 0.354 e. The summed E-state index contributed by atoms with van der Waals surface area (Å²) in [5, 5.41) is 6.97. The minimum Gasteiger partial charge on any atom is -0.354 e. The minimum absolute atomic E-state index is 0.0751. The maximum Gasteiger partial charge on any atom is 0.225 e. The Labute approximate surface area is 145 Å². The number of carbonyl (C=O) groups is 2. The Bertz CT molecular complexity index is 747. The maximum absolute atomic E-state index is 14.3. The molecule has 2 amide bonds. The molecule has 25 heavy (non-hydrogen) atoms. The van der Waals surface area contributed by atoms with E-state index in [1.165, 1.54) is 11.0 Å². The number of hydrogen-bond donors (Lipinski definition) is 1. The molecular weight excluding hydrogens is 323 g/mol. The first kappa shape index (κ1) is 17.1. The highest BCUT2D eigenvalue weighted by molar-refractivity contribution is 5.84. The summed E-state index contributed by atoms with van der Waals surface area (Å²) in [6.07, 6.45) is 4.20. The van der Waals surface area contributed by atoms with Crippen molar-refractivity contribution in [1.82, 2.24) is 20.0 Å². The number of aromatic nitrogens is 2. The Kier molecular flexibility index (Phi) is 5.11. The molecule has 2 heterocycles. The van der Waals surface area contributed by atoms with E-state index in [4.69, 9.17) is 0 Å². The molecule has 6 nitrogen and oxygen atoms in total.